The van der Waals surface area contributed by atoms with Crippen molar-refractivity contribution in [3.8, 4) is 0 Å². The zero-order valence-corrected chi connectivity index (χ0v) is 16.6. The summed E-state index contributed by atoms with van der Waals surface area (Å²) in [5.74, 6) is -0.921. The van der Waals surface area contributed by atoms with Gasteiger partial charge in [-0.15, -0.1) is 11.8 Å². The second kappa shape index (κ2) is 10.1. The van der Waals surface area contributed by atoms with E-state index in [2.05, 4.69) is 10.6 Å². The lowest BCUT2D eigenvalue weighted by Crippen LogP contribution is -2.25. The highest BCUT2D eigenvalue weighted by molar-refractivity contribution is 8.00. The third kappa shape index (κ3) is 6.48. The molecule has 0 aliphatic carbocycles. The van der Waals surface area contributed by atoms with Crippen LogP contribution in [0.2, 0.25) is 0 Å². The van der Waals surface area contributed by atoms with Crippen molar-refractivity contribution in [1.29, 1.82) is 0 Å². The number of hydrogen-bond donors (Lipinski definition) is 2. The van der Waals surface area contributed by atoms with Crippen LogP contribution in [0.3, 0.4) is 0 Å². The summed E-state index contributed by atoms with van der Waals surface area (Å²) in [6.45, 7) is 2.40. The maximum Gasteiger partial charge on any atom is 0.416 e. The average Bonchev–Trinajstić information content (AvgIpc) is 2.70. The molecule has 30 heavy (non-hydrogen) atoms. The Labute approximate surface area is 174 Å². The molecule has 11 heteroatoms. The molecule has 2 N–H and O–H groups in total. The summed E-state index contributed by atoms with van der Waals surface area (Å²) in [4.78, 5) is 34.0. The number of nitro benzene ring substituents is 1. The molecule has 0 fully saturated rings. The van der Waals surface area contributed by atoms with Gasteiger partial charge in [-0.2, -0.15) is 13.2 Å². The van der Waals surface area contributed by atoms with Gasteiger partial charge in [-0.1, -0.05) is 12.1 Å². The second-order valence-corrected chi connectivity index (χ2v) is 7.08. The molecule has 2 rings (SSSR count). The van der Waals surface area contributed by atoms with E-state index in [0.717, 1.165) is 23.9 Å². The Morgan fingerprint density at radius 2 is 1.87 bits per heavy atom. The Morgan fingerprint density at radius 1 is 1.13 bits per heavy atom. The fraction of sp³-hybridized carbons (Fsp3) is 0.263. The van der Waals surface area contributed by atoms with E-state index in [-0.39, 0.29) is 23.1 Å². The van der Waals surface area contributed by atoms with Crippen molar-refractivity contribution < 1.29 is 27.7 Å². The Balaban J connectivity index is 1.98. The molecular formula is C19H18F3N3O4S. The van der Waals surface area contributed by atoms with Gasteiger partial charge >= 0.3 is 6.18 Å². The van der Waals surface area contributed by atoms with E-state index >= 15 is 0 Å². The molecular weight excluding hydrogens is 423 g/mol. The van der Waals surface area contributed by atoms with Crippen molar-refractivity contribution in [2.75, 3.05) is 12.3 Å². The molecule has 0 aromatic heterocycles. The first-order valence-corrected chi connectivity index (χ1v) is 9.72. The van der Waals surface area contributed by atoms with Gasteiger partial charge in [0, 0.05) is 24.7 Å². The van der Waals surface area contributed by atoms with E-state index in [0.29, 0.717) is 23.7 Å². The van der Waals surface area contributed by atoms with Gasteiger partial charge in [0.1, 0.15) is 0 Å². The average molecular weight is 441 g/mol. The first-order valence-electron chi connectivity index (χ1n) is 8.74. The van der Waals surface area contributed by atoms with E-state index in [1.165, 1.54) is 0 Å². The number of amides is 2. The van der Waals surface area contributed by atoms with Crippen LogP contribution in [0, 0.1) is 10.1 Å². The van der Waals surface area contributed by atoms with E-state index < -0.39 is 28.3 Å². The normalized spacial score (nSPS) is 11.1. The molecule has 2 aromatic rings. The quantitative estimate of drug-likeness (QED) is 0.369. The fourth-order valence-corrected chi connectivity index (χ4v) is 3.27. The molecule has 0 aliphatic rings. The fourth-order valence-electron chi connectivity index (χ4n) is 2.44. The number of hydrogen-bond acceptors (Lipinski definition) is 5. The van der Waals surface area contributed by atoms with Crippen LogP contribution in [-0.4, -0.2) is 29.0 Å². The van der Waals surface area contributed by atoms with Crippen molar-refractivity contribution in [3.63, 3.8) is 0 Å². The summed E-state index contributed by atoms with van der Waals surface area (Å²) in [6, 6.07) is 8.82. The predicted octanol–water partition coefficient (Wildman–Crippen LogP) is 3.77. The molecule has 160 valence electrons. The van der Waals surface area contributed by atoms with Gasteiger partial charge in [-0.05, 0) is 36.8 Å². The molecule has 2 aromatic carbocycles. The van der Waals surface area contributed by atoms with Crippen LogP contribution in [0.25, 0.3) is 0 Å². The van der Waals surface area contributed by atoms with Crippen LogP contribution in [-0.2, 0) is 17.5 Å². The zero-order valence-electron chi connectivity index (χ0n) is 15.8. The van der Waals surface area contributed by atoms with Crippen LogP contribution in [0.5, 0.6) is 0 Å². The van der Waals surface area contributed by atoms with Crippen LogP contribution >= 0.6 is 11.8 Å². The third-order valence-electron chi connectivity index (χ3n) is 3.86. The molecule has 0 spiro atoms. The van der Waals surface area contributed by atoms with Crippen molar-refractivity contribution in [2.24, 2.45) is 0 Å². The van der Waals surface area contributed by atoms with Gasteiger partial charge in [0.2, 0.25) is 5.91 Å². The number of carbonyl (C=O) groups excluding carboxylic acids is 2. The minimum absolute atomic E-state index is 0.0404. The minimum atomic E-state index is -4.70. The van der Waals surface area contributed by atoms with Gasteiger partial charge in [0.15, 0.2) is 0 Å². The first-order chi connectivity index (χ1) is 14.1. The molecule has 0 aliphatic heterocycles. The van der Waals surface area contributed by atoms with Crippen molar-refractivity contribution >= 4 is 29.3 Å². The van der Waals surface area contributed by atoms with Crippen LogP contribution in [0.4, 0.5) is 18.9 Å². The lowest BCUT2D eigenvalue weighted by atomic mass is 10.1. The Hall–Kier alpha value is -3.08. The summed E-state index contributed by atoms with van der Waals surface area (Å²) in [6.07, 6.45) is -4.70. The van der Waals surface area contributed by atoms with Gasteiger partial charge in [0.25, 0.3) is 11.6 Å². The highest BCUT2D eigenvalue weighted by Crippen LogP contribution is 2.36. The molecule has 0 radical (unpaired) electrons. The Bertz CT molecular complexity index is 951. The molecule has 0 unspecified atom stereocenters. The Morgan fingerprint density at radius 3 is 2.50 bits per heavy atom. The largest absolute Gasteiger partial charge is 0.416 e. The van der Waals surface area contributed by atoms with Crippen LogP contribution in [0.15, 0.2) is 47.4 Å². The highest BCUT2D eigenvalue weighted by atomic mass is 32.2. The van der Waals surface area contributed by atoms with E-state index in [1.54, 1.807) is 31.2 Å². The number of carbonyl (C=O) groups is 2. The van der Waals surface area contributed by atoms with E-state index in [4.69, 9.17) is 0 Å². The molecule has 0 atom stereocenters. The standard InChI is InChI=1S/C19H18F3N3O4S/c1-2-23-18(27)13-5-3-4-12(8-13)10-24-17(26)11-30-16-7-6-14(19(20,21)22)9-15(16)25(28)29/h3-9H,2,10-11H2,1H3,(H,23,27)(H,24,26). The molecule has 0 heterocycles. The number of benzene rings is 2. The number of nitro groups is 1. The topological polar surface area (TPSA) is 101 Å². The van der Waals surface area contributed by atoms with Crippen LogP contribution in [0.1, 0.15) is 28.4 Å². The number of thioether (sulfide) groups is 1. The lowest BCUT2D eigenvalue weighted by molar-refractivity contribution is -0.388. The maximum absolute atomic E-state index is 12.7. The number of alkyl halides is 3. The molecule has 7 nitrogen and oxygen atoms in total. The van der Waals surface area contributed by atoms with Crippen molar-refractivity contribution in [2.45, 2.75) is 24.5 Å². The summed E-state index contributed by atoms with van der Waals surface area (Å²) < 4.78 is 38.2. The number of nitrogens with zero attached hydrogens (tertiary/aromatic N) is 1. The monoisotopic (exact) mass is 441 g/mol. The molecule has 0 saturated heterocycles. The second-order valence-electron chi connectivity index (χ2n) is 6.06. The van der Waals surface area contributed by atoms with Gasteiger partial charge < -0.3 is 10.6 Å². The first kappa shape index (κ1) is 23.2. The number of halogens is 3. The summed E-state index contributed by atoms with van der Waals surface area (Å²) in [5, 5.41) is 16.4. The number of rotatable bonds is 8. The third-order valence-corrected chi connectivity index (χ3v) is 4.92. The van der Waals surface area contributed by atoms with Crippen molar-refractivity contribution in [1.82, 2.24) is 10.6 Å². The van der Waals surface area contributed by atoms with Crippen molar-refractivity contribution in [3.05, 3.63) is 69.3 Å². The predicted molar refractivity (Wildman–Crippen MR) is 105 cm³/mol. The van der Waals surface area contributed by atoms with Gasteiger partial charge in [-0.3, -0.25) is 19.7 Å². The Kier molecular flexibility index (Phi) is 7.81. The van der Waals surface area contributed by atoms with Gasteiger partial charge in [0.05, 0.1) is 21.1 Å². The summed E-state index contributed by atoms with van der Waals surface area (Å²) in [5.41, 5.74) is -0.719. The summed E-state index contributed by atoms with van der Waals surface area (Å²) >= 11 is 0.767. The van der Waals surface area contributed by atoms with E-state index in [9.17, 15) is 32.9 Å². The van der Waals surface area contributed by atoms with Gasteiger partial charge in [-0.25, -0.2) is 0 Å². The smallest absolute Gasteiger partial charge is 0.352 e. The highest BCUT2D eigenvalue weighted by Gasteiger charge is 2.33. The molecule has 0 saturated carbocycles. The minimum Gasteiger partial charge on any atom is -0.352 e. The van der Waals surface area contributed by atoms with E-state index in [1.807, 2.05) is 0 Å². The lowest BCUT2D eigenvalue weighted by Gasteiger charge is -2.09. The molecule has 0 bridgehead atoms. The number of nitrogens with one attached hydrogen (secondary N) is 2. The zero-order chi connectivity index (χ0) is 22.3. The maximum atomic E-state index is 12.7. The van der Waals surface area contributed by atoms with Crippen LogP contribution < -0.4 is 10.6 Å². The molecule has 2 amide bonds. The summed E-state index contributed by atoms with van der Waals surface area (Å²) in [7, 11) is 0. The SMILES string of the molecule is CCNC(=O)c1cccc(CNC(=O)CSc2ccc(C(F)(F)F)cc2[N+](=O)[O-])c1.